The number of rotatable bonds is 6. The maximum Gasteiger partial charge on any atom is 0.258 e. The third-order valence-electron chi connectivity index (χ3n) is 4.38. The molecular weight excluding hydrogens is 314 g/mol. The van der Waals surface area contributed by atoms with E-state index in [1.807, 2.05) is 49.4 Å². The van der Waals surface area contributed by atoms with Crippen LogP contribution in [0.4, 0.5) is 0 Å². The van der Waals surface area contributed by atoms with Crippen LogP contribution in [0.2, 0.25) is 0 Å². The van der Waals surface area contributed by atoms with E-state index in [2.05, 4.69) is 20.9 Å². The van der Waals surface area contributed by atoms with Crippen molar-refractivity contribution in [3.05, 3.63) is 59.9 Å². The topological polar surface area (TPSA) is 56.1 Å². The van der Waals surface area contributed by atoms with E-state index in [1.165, 1.54) is 12.8 Å². The van der Waals surface area contributed by atoms with Gasteiger partial charge in [-0.25, -0.2) is 4.98 Å². The Morgan fingerprint density at radius 3 is 2.88 bits per heavy atom. The second-order valence-electron chi connectivity index (χ2n) is 6.50. The van der Waals surface area contributed by atoms with Crippen LogP contribution in [0.5, 0.6) is 5.75 Å². The van der Waals surface area contributed by atoms with Crippen molar-refractivity contribution >= 4 is 16.9 Å². The van der Waals surface area contributed by atoms with E-state index in [4.69, 9.17) is 4.74 Å². The van der Waals surface area contributed by atoms with E-state index in [0.717, 1.165) is 22.4 Å². The summed E-state index contributed by atoms with van der Waals surface area (Å²) in [5.74, 6) is 1.48. The molecule has 1 aliphatic carbocycles. The number of carbonyl (C=O) groups excluding carboxylic acids is 1. The largest absolute Gasteiger partial charge is 0.484 e. The number of amides is 1. The zero-order valence-electron chi connectivity index (χ0n) is 14.2. The molecular formula is C20H21N3O2. The summed E-state index contributed by atoms with van der Waals surface area (Å²) >= 11 is 0. The number of imidazole rings is 1. The number of aromatic nitrogens is 2. The molecule has 1 fully saturated rings. The SMILES string of the molecule is Cc1cccc(OCC(=O)NCc2nc3ccccc3n2C2CC2)c1. The van der Waals surface area contributed by atoms with Gasteiger partial charge in [-0.1, -0.05) is 24.3 Å². The van der Waals surface area contributed by atoms with Crippen molar-refractivity contribution < 1.29 is 9.53 Å². The minimum atomic E-state index is -0.143. The molecule has 0 atom stereocenters. The first-order valence-corrected chi connectivity index (χ1v) is 8.63. The van der Waals surface area contributed by atoms with Crippen molar-refractivity contribution in [1.82, 2.24) is 14.9 Å². The number of carbonyl (C=O) groups is 1. The minimum absolute atomic E-state index is 0.00705. The van der Waals surface area contributed by atoms with Crippen molar-refractivity contribution in [2.75, 3.05) is 6.61 Å². The first-order valence-electron chi connectivity index (χ1n) is 8.63. The average molecular weight is 335 g/mol. The molecule has 1 amide bonds. The van der Waals surface area contributed by atoms with Gasteiger partial charge in [-0.15, -0.1) is 0 Å². The van der Waals surface area contributed by atoms with Crippen LogP contribution >= 0.6 is 0 Å². The van der Waals surface area contributed by atoms with E-state index in [0.29, 0.717) is 18.3 Å². The summed E-state index contributed by atoms with van der Waals surface area (Å²) in [4.78, 5) is 16.8. The predicted octanol–water partition coefficient (Wildman–Crippen LogP) is 3.37. The van der Waals surface area contributed by atoms with E-state index >= 15 is 0 Å². The number of nitrogens with one attached hydrogen (secondary N) is 1. The van der Waals surface area contributed by atoms with Crippen molar-refractivity contribution in [1.29, 1.82) is 0 Å². The molecule has 0 unspecified atom stereocenters. The van der Waals surface area contributed by atoms with Crippen LogP contribution in [0.25, 0.3) is 11.0 Å². The van der Waals surface area contributed by atoms with E-state index in [9.17, 15) is 4.79 Å². The van der Waals surface area contributed by atoms with E-state index < -0.39 is 0 Å². The zero-order chi connectivity index (χ0) is 17.2. The molecule has 0 bridgehead atoms. The molecule has 1 heterocycles. The van der Waals surface area contributed by atoms with Crippen molar-refractivity contribution in [2.24, 2.45) is 0 Å². The minimum Gasteiger partial charge on any atom is -0.484 e. The molecule has 2 aromatic carbocycles. The van der Waals surface area contributed by atoms with Crippen LogP contribution in [0, 0.1) is 6.92 Å². The maximum absolute atomic E-state index is 12.1. The lowest BCUT2D eigenvalue weighted by Crippen LogP contribution is -2.29. The second-order valence-corrected chi connectivity index (χ2v) is 6.50. The first-order chi connectivity index (χ1) is 12.2. The standard InChI is InChI=1S/C20H21N3O2/c1-14-5-4-6-16(11-14)25-13-20(24)21-12-19-22-17-7-2-3-8-18(17)23(19)15-9-10-15/h2-8,11,15H,9-10,12-13H2,1H3,(H,21,24). The van der Waals surface area contributed by atoms with Gasteiger partial charge in [-0.2, -0.15) is 0 Å². The Kier molecular flexibility index (Phi) is 4.14. The molecule has 0 aliphatic heterocycles. The summed E-state index contributed by atoms with van der Waals surface area (Å²) in [6.45, 7) is 2.42. The number of aryl methyl sites for hydroxylation is 1. The lowest BCUT2D eigenvalue weighted by Gasteiger charge is -2.10. The van der Waals surface area contributed by atoms with Crippen LogP contribution < -0.4 is 10.1 Å². The van der Waals surface area contributed by atoms with Gasteiger partial charge in [0.15, 0.2) is 6.61 Å². The molecule has 5 heteroatoms. The molecule has 0 radical (unpaired) electrons. The summed E-state index contributed by atoms with van der Waals surface area (Å²) < 4.78 is 7.81. The highest BCUT2D eigenvalue weighted by Gasteiger charge is 2.28. The van der Waals surface area contributed by atoms with Gasteiger partial charge < -0.3 is 14.6 Å². The average Bonchev–Trinajstić information content (AvgIpc) is 3.38. The summed E-state index contributed by atoms with van der Waals surface area (Å²) in [6.07, 6.45) is 2.36. The van der Waals surface area contributed by atoms with Gasteiger partial charge in [-0.05, 0) is 49.6 Å². The Bertz CT molecular complexity index is 912. The molecule has 1 aliphatic rings. The lowest BCUT2D eigenvalue weighted by atomic mass is 10.2. The number of benzene rings is 2. The molecule has 0 saturated heterocycles. The molecule has 1 N–H and O–H groups in total. The molecule has 25 heavy (non-hydrogen) atoms. The van der Waals surface area contributed by atoms with Crippen LogP contribution in [-0.2, 0) is 11.3 Å². The monoisotopic (exact) mass is 335 g/mol. The lowest BCUT2D eigenvalue weighted by molar-refractivity contribution is -0.123. The Morgan fingerprint density at radius 2 is 2.08 bits per heavy atom. The number of fused-ring (bicyclic) bond motifs is 1. The first kappa shape index (κ1) is 15.7. The molecule has 0 spiro atoms. The predicted molar refractivity (Wildman–Crippen MR) is 96.5 cm³/mol. The Morgan fingerprint density at radius 1 is 1.24 bits per heavy atom. The number of hydrogen-bond donors (Lipinski definition) is 1. The highest BCUT2D eigenvalue weighted by atomic mass is 16.5. The highest BCUT2D eigenvalue weighted by Crippen LogP contribution is 2.38. The highest BCUT2D eigenvalue weighted by molar-refractivity contribution is 5.78. The number of ether oxygens (including phenoxy) is 1. The fraction of sp³-hybridized carbons (Fsp3) is 0.300. The fourth-order valence-corrected chi connectivity index (χ4v) is 3.04. The smallest absolute Gasteiger partial charge is 0.258 e. The molecule has 5 nitrogen and oxygen atoms in total. The second kappa shape index (κ2) is 6.59. The van der Waals surface area contributed by atoms with Gasteiger partial charge >= 0.3 is 0 Å². The number of nitrogens with zero attached hydrogens (tertiary/aromatic N) is 2. The molecule has 128 valence electrons. The Hall–Kier alpha value is -2.82. The maximum atomic E-state index is 12.1. The Labute approximate surface area is 146 Å². The summed E-state index contributed by atoms with van der Waals surface area (Å²) in [5.41, 5.74) is 3.23. The van der Waals surface area contributed by atoms with Crippen LogP contribution in [0.3, 0.4) is 0 Å². The summed E-state index contributed by atoms with van der Waals surface area (Å²) in [7, 11) is 0. The number of hydrogen-bond acceptors (Lipinski definition) is 3. The summed E-state index contributed by atoms with van der Waals surface area (Å²) in [5, 5.41) is 2.92. The van der Waals surface area contributed by atoms with Crippen molar-refractivity contribution in [3.8, 4) is 5.75 Å². The molecule has 1 aromatic heterocycles. The van der Waals surface area contributed by atoms with Gasteiger partial charge in [0.1, 0.15) is 11.6 Å². The molecule has 4 rings (SSSR count). The van der Waals surface area contributed by atoms with Crippen molar-refractivity contribution in [3.63, 3.8) is 0 Å². The molecule has 3 aromatic rings. The zero-order valence-corrected chi connectivity index (χ0v) is 14.2. The molecule has 1 saturated carbocycles. The van der Waals surface area contributed by atoms with Crippen LogP contribution in [-0.4, -0.2) is 22.1 Å². The number of para-hydroxylation sites is 2. The normalized spacial score (nSPS) is 13.8. The van der Waals surface area contributed by atoms with Crippen molar-refractivity contribution in [2.45, 2.75) is 32.4 Å². The van der Waals surface area contributed by atoms with Gasteiger partial charge in [0, 0.05) is 6.04 Å². The summed E-state index contributed by atoms with van der Waals surface area (Å²) in [6, 6.07) is 16.3. The van der Waals surface area contributed by atoms with Gasteiger partial charge in [0.05, 0.1) is 17.6 Å². The Balaban J connectivity index is 1.40. The van der Waals surface area contributed by atoms with Gasteiger partial charge in [0.2, 0.25) is 0 Å². The van der Waals surface area contributed by atoms with Crippen LogP contribution in [0.1, 0.15) is 30.3 Å². The fourth-order valence-electron chi connectivity index (χ4n) is 3.04. The van der Waals surface area contributed by atoms with Gasteiger partial charge in [0.25, 0.3) is 5.91 Å². The third-order valence-corrected chi connectivity index (χ3v) is 4.38. The van der Waals surface area contributed by atoms with E-state index in [1.54, 1.807) is 0 Å². The third kappa shape index (κ3) is 3.50. The van der Waals surface area contributed by atoms with E-state index in [-0.39, 0.29) is 12.5 Å². The van der Waals surface area contributed by atoms with Gasteiger partial charge in [-0.3, -0.25) is 4.79 Å². The van der Waals surface area contributed by atoms with Crippen LogP contribution in [0.15, 0.2) is 48.5 Å². The quantitative estimate of drug-likeness (QED) is 0.751.